The average molecular weight is 605 g/mol. The molecule has 0 bridgehead atoms. The van der Waals surface area contributed by atoms with Gasteiger partial charge in [0.25, 0.3) is 0 Å². The Balaban J connectivity index is 1.48. The first-order chi connectivity index (χ1) is 20.4. The van der Waals surface area contributed by atoms with E-state index in [-0.39, 0.29) is 46.1 Å². The minimum atomic E-state index is -1.78. The van der Waals surface area contributed by atoms with E-state index < -0.39 is 78.5 Å². The predicted molar refractivity (Wildman–Crippen MR) is 140 cm³/mol. The Kier molecular flexibility index (Phi) is 8.00. The van der Waals surface area contributed by atoms with Crippen LogP contribution in [-0.4, -0.2) is 100 Å². The number of benzene rings is 3. The summed E-state index contributed by atoms with van der Waals surface area (Å²) in [5, 5.41) is 100. The van der Waals surface area contributed by atoms with E-state index in [1.807, 2.05) is 0 Å². The molecule has 1 saturated heterocycles. The second-order valence-corrected chi connectivity index (χ2v) is 10.0. The summed E-state index contributed by atoms with van der Waals surface area (Å²) in [5.74, 6) is -4.84. The highest BCUT2D eigenvalue weighted by atomic mass is 16.7. The van der Waals surface area contributed by atoms with Crippen LogP contribution >= 0.6 is 0 Å². The number of carbonyl (C=O) groups excluding carboxylic acids is 1. The van der Waals surface area contributed by atoms with E-state index in [2.05, 4.69) is 0 Å². The number of phenols is 6. The van der Waals surface area contributed by atoms with Crippen LogP contribution in [0.25, 0.3) is 0 Å². The SMILES string of the molecule is O=C(O[C@@H]1Cc2c(O)cc(O)cc2O[C@@H]1c1ccc(O)c(O[C@@H]2O[C@H](CO)[C@@H](O)[C@H](O)[C@H]2O)c1)c1cc(O)c(O)c(O)c1. The zero-order chi connectivity index (χ0) is 31.2. The average Bonchev–Trinajstić information content (AvgIpc) is 2.96. The molecule has 3 aromatic rings. The van der Waals surface area contributed by atoms with Gasteiger partial charge in [-0.25, -0.2) is 4.79 Å². The summed E-state index contributed by atoms with van der Waals surface area (Å²) >= 11 is 0. The zero-order valence-corrected chi connectivity index (χ0v) is 22.0. The molecular formula is C28H28O15. The quantitative estimate of drug-likeness (QED) is 0.131. The van der Waals surface area contributed by atoms with Crippen molar-refractivity contribution in [1.82, 2.24) is 0 Å². The number of hydrogen-bond donors (Lipinski definition) is 10. The van der Waals surface area contributed by atoms with Gasteiger partial charge >= 0.3 is 5.97 Å². The molecule has 0 aromatic heterocycles. The van der Waals surface area contributed by atoms with Gasteiger partial charge in [0.2, 0.25) is 6.29 Å². The highest BCUT2D eigenvalue weighted by Gasteiger charge is 2.45. The van der Waals surface area contributed by atoms with Crippen molar-refractivity contribution in [2.24, 2.45) is 0 Å². The van der Waals surface area contributed by atoms with Crippen molar-refractivity contribution < 1.29 is 74.8 Å². The number of fused-ring (bicyclic) bond motifs is 1. The molecule has 10 N–H and O–H groups in total. The first-order valence-corrected chi connectivity index (χ1v) is 12.9. The van der Waals surface area contributed by atoms with Crippen molar-refractivity contribution in [2.45, 2.75) is 49.3 Å². The Morgan fingerprint density at radius 3 is 2.21 bits per heavy atom. The molecule has 1 fully saturated rings. The molecule has 5 rings (SSSR count). The number of esters is 1. The van der Waals surface area contributed by atoms with Crippen LogP contribution in [0.2, 0.25) is 0 Å². The maximum absolute atomic E-state index is 13.0. The molecule has 2 heterocycles. The van der Waals surface area contributed by atoms with Gasteiger partial charge in [-0.2, -0.15) is 0 Å². The third kappa shape index (κ3) is 5.71. The van der Waals surface area contributed by atoms with Crippen LogP contribution in [0.1, 0.15) is 27.6 Å². The van der Waals surface area contributed by atoms with Gasteiger partial charge in [-0.15, -0.1) is 0 Å². The first kappa shape index (κ1) is 29.8. The Hall–Kier alpha value is -4.67. The number of rotatable bonds is 6. The normalized spacial score (nSPS) is 26.7. The lowest BCUT2D eigenvalue weighted by Crippen LogP contribution is -2.60. The molecule has 0 unspecified atom stereocenters. The summed E-state index contributed by atoms with van der Waals surface area (Å²) in [6, 6.07) is 7.83. The fourth-order valence-electron chi connectivity index (χ4n) is 4.85. The number of aliphatic hydroxyl groups excluding tert-OH is 4. The van der Waals surface area contributed by atoms with Crippen LogP contribution in [0.4, 0.5) is 0 Å². The first-order valence-electron chi connectivity index (χ1n) is 12.9. The molecule has 0 aliphatic carbocycles. The Labute approximate surface area is 242 Å². The molecule has 2 aliphatic rings. The van der Waals surface area contributed by atoms with E-state index in [4.69, 9.17) is 18.9 Å². The van der Waals surface area contributed by atoms with E-state index in [0.29, 0.717) is 0 Å². The summed E-state index contributed by atoms with van der Waals surface area (Å²) in [6.45, 7) is -0.713. The summed E-state index contributed by atoms with van der Waals surface area (Å²) in [4.78, 5) is 13.0. The van der Waals surface area contributed by atoms with Gasteiger partial charge < -0.3 is 70.0 Å². The van der Waals surface area contributed by atoms with Crippen molar-refractivity contribution in [3.63, 3.8) is 0 Å². The van der Waals surface area contributed by atoms with Gasteiger partial charge in [-0.3, -0.25) is 0 Å². The number of aliphatic hydroxyl groups is 4. The Morgan fingerprint density at radius 2 is 1.53 bits per heavy atom. The molecule has 230 valence electrons. The number of hydrogen-bond acceptors (Lipinski definition) is 15. The van der Waals surface area contributed by atoms with Gasteiger partial charge in [-0.1, -0.05) is 6.07 Å². The van der Waals surface area contributed by atoms with Crippen molar-refractivity contribution in [1.29, 1.82) is 0 Å². The summed E-state index contributed by atoms with van der Waals surface area (Å²) in [7, 11) is 0. The number of aromatic hydroxyl groups is 6. The van der Waals surface area contributed by atoms with Gasteiger partial charge in [0, 0.05) is 29.7 Å². The third-order valence-electron chi connectivity index (χ3n) is 7.13. The zero-order valence-electron chi connectivity index (χ0n) is 22.0. The van der Waals surface area contributed by atoms with Gasteiger partial charge in [0.1, 0.15) is 47.8 Å². The van der Waals surface area contributed by atoms with Crippen molar-refractivity contribution in [3.05, 3.63) is 59.2 Å². The fourth-order valence-corrected chi connectivity index (χ4v) is 4.85. The van der Waals surface area contributed by atoms with Crippen LogP contribution in [0.3, 0.4) is 0 Å². The van der Waals surface area contributed by atoms with E-state index in [1.54, 1.807) is 0 Å². The van der Waals surface area contributed by atoms with Crippen molar-refractivity contribution >= 4 is 5.97 Å². The largest absolute Gasteiger partial charge is 0.508 e. The molecular weight excluding hydrogens is 576 g/mol. The molecule has 15 heteroatoms. The maximum atomic E-state index is 13.0. The van der Waals surface area contributed by atoms with Crippen LogP contribution in [0.5, 0.6) is 46.0 Å². The van der Waals surface area contributed by atoms with Gasteiger partial charge in [-0.05, 0) is 24.3 Å². The molecule has 15 nitrogen and oxygen atoms in total. The minimum Gasteiger partial charge on any atom is -0.508 e. The molecule has 0 amide bonds. The topological polar surface area (TPSA) is 256 Å². The molecule has 7 atom stereocenters. The highest BCUT2D eigenvalue weighted by molar-refractivity contribution is 5.91. The maximum Gasteiger partial charge on any atom is 0.338 e. The summed E-state index contributed by atoms with van der Waals surface area (Å²) < 4.78 is 22.6. The smallest absolute Gasteiger partial charge is 0.338 e. The van der Waals surface area contributed by atoms with Gasteiger partial charge in [0.15, 0.2) is 34.9 Å². The van der Waals surface area contributed by atoms with Gasteiger partial charge in [0.05, 0.1) is 12.2 Å². The lowest BCUT2D eigenvalue weighted by Gasteiger charge is -2.39. The lowest BCUT2D eigenvalue weighted by molar-refractivity contribution is -0.277. The van der Waals surface area contributed by atoms with Crippen molar-refractivity contribution in [3.8, 4) is 46.0 Å². The predicted octanol–water partition coefficient (Wildman–Crippen LogP) is 0.000700. The van der Waals surface area contributed by atoms with Crippen LogP contribution in [-0.2, 0) is 15.9 Å². The number of phenolic OH excluding ortho intramolecular Hbond substituents is 6. The molecule has 0 spiro atoms. The molecule has 0 saturated carbocycles. The van der Waals surface area contributed by atoms with Crippen LogP contribution in [0.15, 0.2) is 42.5 Å². The van der Waals surface area contributed by atoms with E-state index in [0.717, 1.165) is 18.2 Å². The van der Waals surface area contributed by atoms with Crippen LogP contribution < -0.4 is 9.47 Å². The standard InChI is InChI=1S/C28H28O15/c29-9-21-23(36)24(37)25(38)28(43-21)42-19-5-10(1-2-14(19)31)26-20(8-13-15(32)6-12(30)7-18(13)40-26)41-27(39)11-3-16(33)22(35)17(34)4-11/h1-7,20-21,23-26,28-38H,8-9H2/t20-,21-,23-,24+,25-,26-,28-/m1/s1. The Bertz CT molecular complexity index is 1500. The summed E-state index contributed by atoms with van der Waals surface area (Å²) in [5.41, 5.74) is 0.0597. The van der Waals surface area contributed by atoms with E-state index in [1.165, 1.54) is 24.3 Å². The second-order valence-electron chi connectivity index (χ2n) is 10.0. The van der Waals surface area contributed by atoms with E-state index in [9.17, 15) is 55.9 Å². The minimum absolute atomic E-state index is 0.0409. The monoisotopic (exact) mass is 604 g/mol. The third-order valence-corrected chi connectivity index (χ3v) is 7.13. The fraction of sp³-hybridized carbons (Fsp3) is 0.321. The highest BCUT2D eigenvalue weighted by Crippen LogP contribution is 2.45. The number of ether oxygens (including phenoxy) is 4. The second kappa shape index (κ2) is 11.5. The molecule has 0 radical (unpaired) electrons. The number of carbonyl (C=O) groups is 1. The molecule has 2 aliphatic heterocycles. The lowest BCUT2D eigenvalue weighted by atomic mass is 9.93. The molecule has 43 heavy (non-hydrogen) atoms. The van der Waals surface area contributed by atoms with Crippen molar-refractivity contribution in [2.75, 3.05) is 6.61 Å². The van der Waals surface area contributed by atoms with E-state index >= 15 is 0 Å². The van der Waals surface area contributed by atoms with Crippen LogP contribution in [0, 0.1) is 0 Å². The molecule has 3 aromatic carbocycles. The summed E-state index contributed by atoms with van der Waals surface area (Å²) in [6.07, 6.45) is -10.6. The Morgan fingerprint density at radius 1 is 0.837 bits per heavy atom.